The number of hydrogen-bond donors (Lipinski definition) is 2. The molecule has 4 nitrogen and oxygen atoms in total. The Labute approximate surface area is 204 Å². The van der Waals surface area contributed by atoms with Crippen molar-refractivity contribution in [3.63, 3.8) is 0 Å². The largest absolute Gasteiger partial charge is 0.369 e. The van der Waals surface area contributed by atoms with Gasteiger partial charge in [-0.15, -0.1) is 0 Å². The maximum Gasteiger partial charge on any atom is 0.236 e. The van der Waals surface area contributed by atoms with Crippen LogP contribution in [0.3, 0.4) is 0 Å². The van der Waals surface area contributed by atoms with E-state index < -0.39 is 11.3 Å². The van der Waals surface area contributed by atoms with Gasteiger partial charge < -0.3 is 11.1 Å². The minimum absolute atomic E-state index is 0.204. The lowest BCUT2D eigenvalue weighted by Crippen LogP contribution is -2.52. The zero-order valence-corrected chi connectivity index (χ0v) is 19.7. The predicted octanol–water partition coefficient (Wildman–Crippen LogP) is 5.79. The summed E-state index contributed by atoms with van der Waals surface area (Å²) in [5, 5.41) is 4.03. The fourth-order valence-corrected chi connectivity index (χ4v) is 5.46. The van der Waals surface area contributed by atoms with E-state index in [4.69, 9.17) is 28.9 Å². The standard InChI is InChI=1S/C27H26Cl2N2O2/c28-23-14-19(15-24(29)16-23)13-22-7-4-12-27(22,25(30)32)26(33)31-17-18-8-10-21(11-9-18)20-5-2-1-3-6-20/h1-3,5-6,8-11,14-16,22H,4,7,12-13,17H2,(H2,30,32)(H,31,33)/t22-,27-/m0/s1. The summed E-state index contributed by atoms with van der Waals surface area (Å²) in [4.78, 5) is 26.0. The van der Waals surface area contributed by atoms with Gasteiger partial charge >= 0.3 is 0 Å². The summed E-state index contributed by atoms with van der Waals surface area (Å²) in [5.74, 6) is -1.09. The molecule has 0 spiro atoms. The van der Waals surface area contributed by atoms with Crippen LogP contribution in [-0.2, 0) is 22.6 Å². The number of amides is 2. The van der Waals surface area contributed by atoms with Crippen molar-refractivity contribution in [2.24, 2.45) is 17.1 Å². The molecular formula is C27H26Cl2N2O2. The van der Waals surface area contributed by atoms with E-state index in [1.807, 2.05) is 54.6 Å². The van der Waals surface area contributed by atoms with E-state index in [1.54, 1.807) is 6.07 Å². The van der Waals surface area contributed by atoms with Crippen molar-refractivity contribution in [2.75, 3.05) is 0 Å². The molecule has 0 aliphatic heterocycles. The molecule has 2 amide bonds. The molecule has 0 unspecified atom stereocenters. The lowest BCUT2D eigenvalue weighted by molar-refractivity contribution is -0.144. The van der Waals surface area contributed by atoms with E-state index >= 15 is 0 Å². The third-order valence-electron chi connectivity index (χ3n) is 6.58. The minimum atomic E-state index is -1.24. The van der Waals surface area contributed by atoms with Gasteiger partial charge in [-0.05, 0) is 65.6 Å². The minimum Gasteiger partial charge on any atom is -0.369 e. The van der Waals surface area contributed by atoms with Crippen LogP contribution in [0.4, 0.5) is 0 Å². The van der Waals surface area contributed by atoms with Crippen molar-refractivity contribution in [1.82, 2.24) is 5.32 Å². The summed E-state index contributed by atoms with van der Waals surface area (Å²) >= 11 is 12.3. The van der Waals surface area contributed by atoms with Gasteiger partial charge in [-0.2, -0.15) is 0 Å². The van der Waals surface area contributed by atoms with Crippen LogP contribution in [0.25, 0.3) is 11.1 Å². The highest BCUT2D eigenvalue weighted by Gasteiger charge is 2.53. The first-order valence-corrected chi connectivity index (χ1v) is 11.8. The number of nitrogens with one attached hydrogen (secondary N) is 1. The van der Waals surface area contributed by atoms with Crippen LogP contribution >= 0.6 is 23.2 Å². The molecule has 1 aliphatic rings. The lowest BCUT2D eigenvalue weighted by Gasteiger charge is -2.31. The summed E-state index contributed by atoms with van der Waals surface area (Å²) in [6.07, 6.45) is 2.47. The molecule has 6 heteroatoms. The Balaban J connectivity index is 1.48. The van der Waals surface area contributed by atoms with Crippen molar-refractivity contribution >= 4 is 35.0 Å². The Hall–Kier alpha value is -2.82. The molecule has 3 N–H and O–H groups in total. The van der Waals surface area contributed by atoms with Gasteiger partial charge in [0, 0.05) is 16.6 Å². The number of rotatable bonds is 7. The summed E-state index contributed by atoms with van der Waals surface area (Å²) in [6.45, 7) is 0.332. The first-order chi connectivity index (χ1) is 15.9. The normalized spacial score (nSPS) is 19.9. The average molecular weight is 481 g/mol. The van der Waals surface area contributed by atoms with E-state index in [2.05, 4.69) is 17.4 Å². The Morgan fingerprint density at radius 1 is 0.909 bits per heavy atom. The number of benzene rings is 3. The number of nitrogens with two attached hydrogens (primary N) is 1. The molecule has 3 aromatic carbocycles. The highest BCUT2D eigenvalue weighted by molar-refractivity contribution is 6.34. The van der Waals surface area contributed by atoms with Crippen LogP contribution in [0.15, 0.2) is 72.8 Å². The quantitative estimate of drug-likeness (QED) is 0.419. The van der Waals surface area contributed by atoms with Crippen LogP contribution in [0, 0.1) is 11.3 Å². The first-order valence-electron chi connectivity index (χ1n) is 11.1. The molecule has 1 saturated carbocycles. The van der Waals surface area contributed by atoms with Gasteiger partial charge in [-0.1, -0.05) is 84.2 Å². The average Bonchev–Trinajstić information content (AvgIpc) is 3.22. The van der Waals surface area contributed by atoms with E-state index in [0.717, 1.165) is 35.1 Å². The number of hydrogen-bond acceptors (Lipinski definition) is 2. The third kappa shape index (κ3) is 5.07. The van der Waals surface area contributed by atoms with E-state index in [1.165, 1.54) is 0 Å². The highest BCUT2D eigenvalue weighted by atomic mass is 35.5. The van der Waals surface area contributed by atoms with Crippen LogP contribution in [-0.4, -0.2) is 11.8 Å². The molecule has 4 rings (SSSR count). The van der Waals surface area contributed by atoms with Gasteiger partial charge in [-0.3, -0.25) is 9.59 Å². The fourth-order valence-electron chi connectivity index (χ4n) is 4.89. The molecule has 2 atom stereocenters. The maximum absolute atomic E-state index is 13.3. The smallest absolute Gasteiger partial charge is 0.236 e. The van der Waals surface area contributed by atoms with Crippen molar-refractivity contribution in [3.8, 4) is 11.1 Å². The zero-order chi connectivity index (χ0) is 23.4. The highest BCUT2D eigenvalue weighted by Crippen LogP contribution is 2.45. The molecule has 0 saturated heterocycles. The van der Waals surface area contributed by atoms with Gasteiger partial charge in [0.25, 0.3) is 0 Å². The molecule has 0 bridgehead atoms. The van der Waals surface area contributed by atoms with E-state index in [0.29, 0.717) is 29.4 Å². The first kappa shape index (κ1) is 23.3. The summed E-state index contributed by atoms with van der Waals surface area (Å²) in [7, 11) is 0. The van der Waals surface area contributed by atoms with E-state index in [-0.39, 0.29) is 11.8 Å². The molecule has 0 radical (unpaired) electrons. The molecular weight excluding hydrogens is 455 g/mol. The van der Waals surface area contributed by atoms with Crippen LogP contribution in [0.5, 0.6) is 0 Å². The van der Waals surface area contributed by atoms with Crippen LogP contribution in [0.1, 0.15) is 30.4 Å². The molecule has 1 fully saturated rings. The van der Waals surface area contributed by atoms with Gasteiger partial charge in [0.15, 0.2) is 0 Å². The summed E-state index contributed by atoms with van der Waals surface area (Å²) < 4.78 is 0. The Morgan fingerprint density at radius 3 is 2.18 bits per heavy atom. The zero-order valence-electron chi connectivity index (χ0n) is 18.2. The third-order valence-corrected chi connectivity index (χ3v) is 7.02. The van der Waals surface area contributed by atoms with E-state index in [9.17, 15) is 9.59 Å². The monoisotopic (exact) mass is 480 g/mol. The van der Waals surface area contributed by atoms with Crippen molar-refractivity contribution < 1.29 is 9.59 Å². The number of carbonyl (C=O) groups is 2. The second-order valence-corrected chi connectivity index (χ2v) is 9.53. The molecule has 3 aromatic rings. The second-order valence-electron chi connectivity index (χ2n) is 8.65. The van der Waals surface area contributed by atoms with Gasteiger partial charge in [0.05, 0.1) is 0 Å². The van der Waals surface area contributed by atoms with Crippen molar-refractivity contribution in [2.45, 2.75) is 32.2 Å². The number of primary amides is 1. The molecule has 1 aliphatic carbocycles. The summed E-state index contributed by atoms with van der Waals surface area (Å²) in [5.41, 5.74) is 8.70. The van der Waals surface area contributed by atoms with Crippen molar-refractivity contribution in [1.29, 1.82) is 0 Å². The predicted molar refractivity (Wildman–Crippen MR) is 133 cm³/mol. The van der Waals surface area contributed by atoms with Gasteiger partial charge in [-0.25, -0.2) is 0 Å². The maximum atomic E-state index is 13.3. The SMILES string of the molecule is NC(=O)[C@]1(C(=O)NCc2ccc(-c3ccccc3)cc2)CCC[C@H]1Cc1cc(Cl)cc(Cl)c1. The number of halogens is 2. The second kappa shape index (κ2) is 9.98. The molecule has 170 valence electrons. The Kier molecular flexibility index (Phi) is 7.06. The van der Waals surface area contributed by atoms with Crippen LogP contribution in [0.2, 0.25) is 10.0 Å². The fraction of sp³-hybridized carbons (Fsp3) is 0.259. The number of carbonyl (C=O) groups excluding carboxylic acids is 2. The lowest BCUT2D eigenvalue weighted by atomic mass is 9.73. The van der Waals surface area contributed by atoms with Gasteiger partial charge in [0.2, 0.25) is 11.8 Å². The van der Waals surface area contributed by atoms with Gasteiger partial charge in [0.1, 0.15) is 5.41 Å². The summed E-state index contributed by atoms with van der Waals surface area (Å²) in [6, 6.07) is 23.4. The van der Waals surface area contributed by atoms with Crippen LogP contribution < -0.4 is 11.1 Å². The Bertz CT molecular complexity index is 1130. The topological polar surface area (TPSA) is 72.2 Å². The van der Waals surface area contributed by atoms with Crippen molar-refractivity contribution in [3.05, 3.63) is 94.0 Å². The Morgan fingerprint density at radius 2 is 1.55 bits per heavy atom. The molecule has 33 heavy (non-hydrogen) atoms. The molecule has 0 heterocycles. The molecule has 0 aromatic heterocycles.